The molecule has 0 fully saturated rings. The van der Waals surface area contributed by atoms with E-state index in [0.717, 1.165) is 30.5 Å². The molecule has 0 amide bonds. The molecule has 0 aliphatic heterocycles. The number of fused-ring (bicyclic) bond motifs is 1. The maximum atomic E-state index is 11.3. The zero-order chi connectivity index (χ0) is 16.4. The summed E-state index contributed by atoms with van der Waals surface area (Å²) in [7, 11) is 1.55. The molecular formula is C17H19N3O3. The molecule has 120 valence electrons. The van der Waals surface area contributed by atoms with Gasteiger partial charge in [0.1, 0.15) is 11.4 Å². The Morgan fingerprint density at radius 3 is 2.87 bits per heavy atom. The van der Waals surface area contributed by atoms with Gasteiger partial charge in [0.05, 0.1) is 18.1 Å². The maximum Gasteiger partial charge on any atom is 0.292 e. The van der Waals surface area contributed by atoms with E-state index in [2.05, 4.69) is 5.32 Å². The largest absolute Gasteiger partial charge is 0.497 e. The lowest BCUT2D eigenvalue weighted by Crippen LogP contribution is -2.18. The Morgan fingerprint density at radius 1 is 1.30 bits per heavy atom. The van der Waals surface area contributed by atoms with Crippen LogP contribution in [0.4, 0.5) is 17.1 Å². The van der Waals surface area contributed by atoms with E-state index < -0.39 is 0 Å². The fourth-order valence-corrected chi connectivity index (χ4v) is 3.09. The standard InChI is InChI=1S/C17H19N3O3/c1-23-13-6-8-17(20(21)22)16(10-13)19-15-4-2-3-11-9-12(18)5-7-14(11)15/h5-10,15,19H,2-4,18H2,1H3. The second-order valence-electron chi connectivity index (χ2n) is 5.69. The average Bonchev–Trinajstić information content (AvgIpc) is 2.54. The number of nitro groups is 1. The summed E-state index contributed by atoms with van der Waals surface area (Å²) >= 11 is 0. The molecule has 0 radical (unpaired) electrons. The van der Waals surface area contributed by atoms with Gasteiger partial charge in [0.15, 0.2) is 0 Å². The van der Waals surface area contributed by atoms with Crippen LogP contribution in [0.1, 0.15) is 30.0 Å². The number of rotatable bonds is 4. The fourth-order valence-electron chi connectivity index (χ4n) is 3.09. The number of hydrogen-bond acceptors (Lipinski definition) is 5. The number of aryl methyl sites for hydroxylation is 1. The Labute approximate surface area is 134 Å². The van der Waals surface area contributed by atoms with Gasteiger partial charge in [-0.1, -0.05) is 6.07 Å². The van der Waals surface area contributed by atoms with E-state index in [9.17, 15) is 10.1 Å². The van der Waals surface area contributed by atoms with Crippen molar-refractivity contribution in [1.29, 1.82) is 0 Å². The lowest BCUT2D eigenvalue weighted by molar-refractivity contribution is -0.384. The van der Waals surface area contributed by atoms with Crippen molar-refractivity contribution in [2.45, 2.75) is 25.3 Å². The lowest BCUT2D eigenvalue weighted by Gasteiger charge is -2.27. The minimum Gasteiger partial charge on any atom is -0.497 e. The minimum atomic E-state index is -0.380. The highest BCUT2D eigenvalue weighted by atomic mass is 16.6. The van der Waals surface area contributed by atoms with Crippen molar-refractivity contribution >= 4 is 17.1 Å². The van der Waals surface area contributed by atoms with Crippen LogP contribution in [-0.4, -0.2) is 12.0 Å². The predicted molar refractivity (Wildman–Crippen MR) is 89.8 cm³/mol. The van der Waals surface area contributed by atoms with Crippen LogP contribution in [0.25, 0.3) is 0 Å². The number of nitrogens with zero attached hydrogens (tertiary/aromatic N) is 1. The van der Waals surface area contributed by atoms with Gasteiger partial charge in [-0.25, -0.2) is 0 Å². The van der Waals surface area contributed by atoms with Gasteiger partial charge in [0, 0.05) is 17.8 Å². The number of ether oxygens (including phenoxy) is 1. The van der Waals surface area contributed by atoms with E-state index in [-0.39, 0.29) is 16.7 Å². The molecular weight excluding hydrogens is 294 g/mol. The normalized spacial score (nSPS) is 16.5. The van der Waals surface area contributed by atoms with Gasteiger partial charge in [0.25, 0.3) is 5.69 Å². The van der Waals surface area contributed by atoms with Crippen LogP contribution in [-0.2, 0) is 6.42 Å². The summed E-state index contributed by atoms with van der Waals surface area (Å²) in [6.45, 7) is 0. The monoisotopic (exact) mass is 313 g/mol. The number of methoxy groups -OCH3 is 1. The molecule has 1 aliphatic carbocycles. The summed E-state index contributed by atoms with van der Waals surface area (Å²) in [5.41, 5.74) is 9.49. The Balaban J connectivity index is 1.95. The van der Waals surface area contributed by atoms with Gasteiger partial charge < -0.3 is 15.8 Å². The second-order valence-corrected chi connectivity index (χ2v) is 5.69. The number of nitrogens with one attached hydrogen (secondary N) is 1. The molecule has 0 spiro atoms. The maximum absolute atomic E-state index is 11.3. The third-order valence-electron chi connectivity index (χ3n) is 4.21. The number of benzene rings is 2. The summed E-state index contributed by atoms with van der Waals surface area (Å²) in [5.74, 6) is 0.589. The fraction of sp³-hybridized carbons (Fsp3) is 0.294. The molecule has 0 saturated carbocycles. The molecule has 2 aromatic rings. The third-order valence-corrected chi connectivity index (χ3v) is 4.21. The molecule has 1 atom stereocenters. The molecule has 0 saturated heterocycles. The molecule has 2 aromatic carbocycles. The molecule has 6 nitrogen and oxygen atoms in total. The molecule has 6 heteroatoms. The van der Waals surface area contributed by atoms with E-state index in [0.29, 0.717) is 11.4 Å². The van der Waals surface area contributed by atoms with Crippen molar-refractivity contribution in [3.63, 3.8) is 0 Å². The molecule has 0 heterocycles. The van der Waals surface area contributed by atoms with Crippen molar-refractivity contribution in [3.05, 3.63) is 57.6 Å². The number of nitrogens with two attached hydrogens (primary N) is 1. The molecule has 1 aliphatic rings. The van der Waals surface area contributed by atoms with Crippen LogP contribution < -0.4 is 15.8 Å². The van der Waals surface area contributed by atoms with E-state index in [4.69, 9.17) is 10.5 Å². The smallest absolute Gasteiger partial charge is 0.292 e. The summed E-state index contributed by atoms with van der Waals surface area (Å²) in [5, 5.41) is 14.6. The van der Waals surface area contributed by atoms with Crippen LogP contribution in [0.15, 0.2) is 36.4 Å². The van der Waals surface area contributed by atoms with Gasteiger partial charge in [-0.15, -0.1) is 0 Å². The zero-order valence-corrected chi connectivity index (χ0v) is 12.9. The molecule has 1 unspecified atom stereocenters. The van der Waals surface area contributed by atoms with Crippen LogP contribution in [0.5, 0.6) is 5.75 Å². The highest BCUT2D eigenvalue weighted by molar-refractivity contribution is 5.65. The number of nitrogen functional groups attached to an aromatic ring is 1. The van der Waals surface area contributed by atoms with E-state index >= 15 is 0 Å². The van der Waals surface area contributed by atoms with Gasteiger partial charge in [-0.3, -0.25) is 10.1 Å². The van der Waals surface area contributed by atoms with Crippen LogP contribution in [0.2, 0.25) is 0 Å². The molecule has 23 heavy (non-hydrogen) atoms. The SMILES string of the molecule is COc1ccc([N+](=O)[O-])c(NC2CCCc3cc(N)ccc32)c1. The molecule has 3 rings (SSSR count). The Bertz CT molecular complexity index is 746. The highest BCUT2D eigenvalue weighted by Gasteiger charge is 2.23. The minimum absolute atomic E-state index is 0.0326. The molecule has 0 aromatic heterocycles. The Hall–Kier alpha value is -2.76. The summed E-state index contributed by atoms with van der Waals surface area (Å²) in [4.78, 5) is 10.9. The molecule has 0 bridgehead atoms. The second kappa shape index (κ2) is 6.16. The first kappa shape index (κ1) is 15.1. The number of hydrogen-bond donors (Lipinski definition) is 2. The van der Waals surface area contributed by atoms with Crippen molar-refractivity contribution < 1.29 is 9.66 Å². The highest BCUT2D eigenvalue weighted by Crippen LogP contribution is 2.37. The lowest BCUT2D eigenvalue weighted by atomic mass is 9.87. The Kier molecular flexibility index (Phi) is 4.06. The first-order valence-corrected chi connectivity index (χ1v) is 7.56. The zero-order valence-electron chi connectivity index (χ0n) is 12.9. The van der Waals surface area contributed by atoms with Gasteiger partial charge >= 0.3 is 0 Å². The first-order valence-electron chi connectivity index (χ1n) is 7.56. The van der Waals surface area contributed by atoms with Crippen molar-refractivity contribution in [1.82, 2.24) is 0 Å². The predicted octanol–water partition coefficient (Wildman–Crippen LogP) is 3.68. The average molecular weight is 313 g/mol. The Morgan fingerprint density at radius 2 is 2.13 bits per heavy atom. The van der Waals surface area contributed by atoms with Crippen molar-refractivity contribution in [2.24, 2.45) is 0 Å². The van der Waals surface area contributed by atoms with Gasteiger partial charge in [-0.05, 0) is 48.6 Å². The van der Waals surface area contributed by atoms with E-state index in [1.54, 1.807) is 19.2 Å². The first-order chi connectivity index (χ1) is 11.1. The van der Waals surface area contributed by atoms with Gasteiger partial charge in [0.2, 0.25) is 0 Å². The number of nitro benzene ring substituents is 1. The summed E-state index contributed by atoms with van der Waals surface area (Å²) < 4.78 is 5.18. The van der Waals surface area contributed by atoms with Gasteiger partial charge in [-0.2, -0.15) is 0 Å². The topological polar surface area (TPSA) is 90.4 Å². The summed E-state index contributed by atoms with van der Waals surface area (Å²) in [6.07, 6.45) is 2.93. The number of anilines is 2. The van der Waals surface area contributed by atoms with Crippen molar-refractivity contribution in [2.75, 3.05) is 18.2 Å². The quantitative estimate of drug-likeness (QED) is 0.510. The van der Waals surface area contributed by atoms with E-state index in [1.165, 1.54) is 11.6 Å². The van der Waals surface area contributed by atoms with Crippen LogP contribution in [0.3, 0.4) is 0 Å². The summed E-state index contributed by atoms with van der Waals surface area (Å²) in [6, 6.07) is 10.6. The third kappa shape index (κ3) is 3.06. The van der Waals surface area contributed by atoms with E-state index in [1.807, 2.05) is 18.2 Å². The molecule has 3 N–H and O–H groups in total. The van der Waals surface area contributed by atoms with Crippen LogP contribution >= 0.6 is 0 Å². The van der Waals surface area contributed by atoms with Crippen molar-refractivity contribution in [3.8, 4) is 5.75 Å². The van der Waals surface area contributed by atoms with Crippen LogP contribution in [0, 0.1) is 10.1 Å².